The van der Waals surface area contributed by atoms with Crippen molar-refractivity contribution in [2.75, 3.05) is 21.1 Å². The number of halogens is 1. The van der Waals surface area contributed by atoms with Crippen molar-refractivity contribution in [3.05, 3.63) is 30.3 Å². The summed E-state index contributed by atoms with van der Waals surface area (Å²) in [5.41, 5.74) is 1.34. The maximum Gasteiger partial charge on any atom is 0.132 e. The summed E-state index contributed by atoms with van der Waals surface area (Å²) in [5.74, 6) is 0. The third kappa shape index (κ3) is 11.8. The second-order valence-corrected chi connectivity index (χ2v) is 3.35. The van der Waals surface area contributed by atoms with Crippen LogP contribution in [0, 0.1) is 0 Å². The molecular formula is C9H24INO5. The van der Waals surface area contributed by atoms with Crippen LogP contribution in [0.5, 0.6) is 0 Å². The number of para-hydroxylation sites is 1. The number of quaternary nitrogens is 1. The SMILES string of the molecule is C[N+](C)(C)c1ccccc1.O.O.O.O.O.[I-]. The van der Waals surface area contributed by atoms with Gasteiger partial charge in [0.15, 0.2) is 0 Å². The van der Waals surface area contributed by atoms with E-state index in [1.807, 2.05) is 6.07 Å². The zero-order valence-electron chi connectivity index (χ0n) is 9.71. The number of hydrogen-bond donors (Lipinski definition) is 0. The summed E-state index contributed by atoms with van der Waals surface area (Å²) in [6, 6.07) is 10.5. The minimum Gasteiger partial charge on any atom is -1.00 e. The fourth-order valence-corrected chi connectivity index (χ4v) is 0.875. The van der Waals surface area contributed by atoms with Gasteiger partial charge in [0.1, 0.15) is 5.69 Å². The molecule has 1 aromatic carbocycles. The van der Waals surface area contributed by atoms with Gasteiger partial charge in [-0.1, -0.05) is 18.2 Å². The molecule has 16 heavy (non-hydrogen) atoms. The Balaban J connectivity index is -0.0000000417. The fourth-order valence-electron chi connectivity index (χ4n) is 0.875. The molecule has 7 heteroatoms. The molecule has 6 nitrogen and oxygen atoms in total. The summed E-state index contributed by atoms with van der Waals surface area (Å²) >= 11 is 0. The Hall–Kier alpha value is -0.290. The molecule has 0 fully saturated rings. The Labute approximate surface area is 113 Å². The summed E-state index contributed by atoms with van der Waals surface area (Å²) in [6.45, 7) is 0. The molecule has 0 aliphatic heterocycles. The lowest BCUT2D eigenvalue weighted by Gasteiger charge is -2.22. The molecule has 0 spiro atoms. The molecule has 0 saturated heterocycles. The number of benzene rings is 1. The number of rotatable bonds is 1. The van der Waals surface area contributed by atoms with Crippen LogP contribution in [0.1, 0.15) is 0 Å². The molecule has 0 saturated carbocycles. The molecule has 0 aliphatic rings. The van der Waals surface area contributed by atoms with Crippen LogP contribution in [0.15, 0.2) is 30.3 Å². The zero-order chi connectivity index (χ0) is 7.61. The quantitative estimate of drug-likeness (QED) is 0.349. The minimum absolute atomic E-state index is 0. The fraction of sp³-hybridized carbons (Fsp3) is 0.333. The first-order valence-electron chi connectivity index (χ1n) is 3.48. The third-order valence-electron chi connectivity index (χ3n) is 1.53. The van der Waals surface area contributed by atoms with Crippen molar-refractivity contribution in [2.24, 2.45) is 0 Å². The van der Waals surface area contributed by atoms with Crippen LogP contribution >= 0.6 is 0 Å². The van der Waals surface area contributed by atoms with Gasteiger partial charge in [0.25, 0.3) is 0 Å². The molecule has 0 amide bonds. The molecule has 0 radical (unpaired) electrons. The molecule has 0 atom stereocenters. The van der Waals surface area contributed by atoms with Crippen molar-refractivity contribution >= 4 is 5.69 Å². The second-order valence-electron chi connectivity index (χ2n) is 3.35. The molecule has 10 N–H and O–H groups in total. The second kappa shape index (κ2) is 14.7. The van der Waals surface area contributed by atoms with E-state index in [1.54, 1.807) is 0 Å². The Kier molecular flexibility index (Phi) is 33.1. The third-order valence-corrected chi connectivity index (χ3v) is 1.53. The van der Waals surface area contributed by atoms with E-state index in [-0.39, 0.29) is 51.4 Å². The van der Waals surface area contributed by atoms with Gasteiger partial charge < -0.3 is 51.4 Å². The smallest absolute Gasteiger partial charge is 0.132 e. The van der Waals surface area contributed by atoms with Crippen LogP contribution in [-0.4, -0.2) is 48.5 Å². The van der Waals surface area contributed by atoms with Crippen LogP contribution in [-0.2, 0) is 0 Å². The minimum atomic E-state index is 0. The highest BCUT2D eigenvalue weighted by atomic mass is 127. The predicted molar refractivity (Wildman–Crippen MR) is 64.1 cm³/mol. The zero-order valence-corrected chi connectivity index (χ0v) is 11.9. The van der Waals surface area contributed by atoms with E-state index in [2.05, 4.69) is 45.4 Å². The van der Waals surface area contributed by atoms with Gasteiger partial charge in [-0.05, 0) is 12.1 Å². The van der Waals surface area contributed by atoms with Gasteiger partial charge in [0.05, 0.1) is 21.1 Å². The molecule has 0 heterocycles. The highest BCUT2D eigenvalue weighted by molar-refractivity contribution is 5.40. The highest BCUT2D eigenvalue weighted by Crippen LogP contribution is 2.14. The summed E-state index contributed by atoms with van der Waals surface area (Å²) in [4.78, 5) is 0. The molecule has 1 aromatic rings. The van der Waals surface area contributed by atoms with Crippen LogP contribution in [0.25, 0.3) is 0 Å². The standard InChI is InChI=1S/C9H14N.HI.5H2O/c1-10(2,3)9-7-5-4-6-8-9;;;;;;/h4-8H,1-3H3;1H;5*1H2/q+1;;;;;;/p-1. The summed E-state index contributed by atoms with van der Waals surface area (Å²) in [7, 11) is 6.49. The first-order chi connectivity index (χ1) is 4.61. The highest BCUT2D eigenvalue weighted by Gasteiger charge is 2.08. The first kappa shape index (κ1) is 36.1. The normalized spacial score (nSPS) is 7.19. The lowest BCUT2D eigenvalue weighted by atomic mass is 10.3. The lowest BCUT2D eigenvalue weighted by molar-refractivity contribution is -0.00000836. The summed E-state index contributed by atoms with van der Waals surface area (Å²) in [6.07, 6.45) is 0. The van der Waals surface area contributed by atoms with Crippen molar-refractivity contribution in [3.63, 3.8) is 0 Å². The molecule has 1 rings (SSSR count). The van der Waals surface area contributed by atoms with Gasteiger partial charge in [-0.15, -0.1) is 0 Å². The first-order valence-corrected chi connectivity index (χ1v) is 3.48. The van der Waals surface area contributed by atoms with Crippen molar-refractivity contribution in [3.8, 4) is 0 Å². The van der Waals surface area contributed by atoms with E-state index in [4.69, 9.17) is 0 Å². The molecule has 0 unspecified atom stereocenters. The molecule has 0 aliphatic carbocycles. The Morgan fingerprint density at radius 1 is 0.688 bits per heavy atom. The van der Waals surface area contributed by atoms with E-state index in [1.165, 1.54) is 5.69 Å². The average Bonchev–Trinajstić information content (AvgIpc) is 1.88. The van der Waals surface area contributed by atoms with E-state index in [0.717, 1.165) is 4.48 Å². The topological polar surface area (TPSA) is 158 Å². The van der Waals surface area contributed by atoms with Crippen LogP contribution < -0.4 is 28.5 Å². The number of nitrogens with zero attached hydrogens (tertiary/aromatic N) is 1. The largest absolute Gasteiger partial charge is 1.00 e. The lowest BCUT2D eigenvalue weighted by Crippen LogP contribution is -3.00. The van der Waals surface area contributed by atoms with Gasteiger partial charge in [0.2, 0.25) is 0 Å². The van der Waals surface area contributed by atoms with Crippen LogP contribution in [0.4, 0.5) is 5.69 Å². The van der Waals surface area contributed by atoms with Crippen molar-refractivity contribution in [1.29, 1.82) is 0 Å². The predicted octanol–water partition coefficient (Wildman–Crippen LogP) is -5.24. The molecular weight excluding hydrogens is 329 g/mol. The van der Waals surface area contributed by atoms with E-state index >= 15 is 0 Å². The average molecular weight is 353 g/mol. The Bertz CT molecular complexity index is 215. The monoisotopic (exact) mass is 353 g/mol. The van der Waals surface area contributed by atoms with Crippen molar-refractivity contribution in [1.82, 2.24) is 4.48 Å². The summed E-state index contributed by atoms with van der Waals surface area (Å²) < 4.78 is 0.890. The maximum absolute atomic E-state index is 2.16. The maximum atomic E-state index is 2.16. The van der Waals surface area contributed by atoms with E-state index in [9.17, 15) is 0 Å². The molecule has 0 bridgehead atoms. The molecule has 102 valence electrons. The molecule has 0 aromatic heterocycles. The van der Waals surface area contributed by atoms with Crippen LogP contribution in [0.3, 0.4) is 0 Å². The van der Waals surface area contributed by atoms with Gasteiger partial charge in [-0.25, -0.2) is 0 Å². The van der Waals surface area contributed by atoms with Crippen LogP contribution in [0.2, 0.25) is 0 Å². The van der Waals surface area contributed by atoms with E-state index in [0.29, 0.717) is 0 Å². The summed E-state index contributed by atoms with van der Waals surface area (Å²) in [5, 5.41) is 0. The number of hydrogen-bond acceptors (Lipinski definition) is 0. The van der Waals surface area contributed by atoms with Gasteiger partial charge in [-0.3, -0.25) is 4.48 Å². The van der Waals surface area contributed by atoms with Gasteiger partial charge in [-0.2, -0.15) is 0 Å². The Morgan fingerprint density at radius 3 is 1.19 bits per heavy atom. The van der Waals surface area contributed by atoms with Gasteiger partial charge >= 0.3 is 0 Å². The van der Waals surface area contributed by atoms with Crippen molar-refractivity contribution in [2.45, 2.75) is 0 Å². The Morgan fingerprint density at radius 2 is 1.00 bits per heavy atom. The van der Waals surface area contributed by atoms with Gasteiger partial charge in [0, 0.05) is 0 Å². The van der Waals surface area contributed by atoms with E-state index < -0.39 is 0 Å². The van der Waals surface area contributed by atoms with Crippen molar-refractivity contribution < 1.29 is 51.4 Å².